The number of nitrogens with two attached hydrogens (primary N) is 1. The molecule has 1 aliphatic heterocycles. The molecule has 3 aromatic rings. The Morgan fingerprint density at radius 1 is 1.10 bits per heavy atom. The Morgan fingerprint density at radius 2 is 1.84 bits per heavy atom. The first kappa shape index (κ1) is 20.6. The van der Waals surface area contributed by atoms with Crippen LogP contribution in [0.15, 0.2) is 60.8 Å². The maximum atomic E-state index is 12.5. The number of aromatic nitrogens is 1. The Kier molecular flexibility index (Phi) is 6.25. The number of benzene rings is 2. The lowest BCUT2D eigenvalue weighted by atomic mass is 10.0. The molecule has 0 radical (unpaired) electrons. The SMILES string of the molecule is N#Cc1cc(CN2CCCCC2)cnc1-c1ccc(C(=O)Nc2ccccc2N)cc1. The molecule has 1 amide bonds. The number of nitrogens with zero attached hydrogens (tertiary/aromatic N) is 3. The number of hydrogen-bond donors (Lipinski definition) is 2. The number of anilines is 2. The van der Waals surface area contributed by atoms with Crippen molar-refractivity contribution >= 4 is 17.3 Å². The maximum absolute atomic E-state index is 12.5. The normalized spacial score (nSPS) is 14.0. The topological polar surface area (TPSA) is 95.0 Å². The Bertz CT molecular complexity index is 1110. The van der Waals surface area contributed by atoms with Gasteiger partial charge in [-0.1, -0.05) is 30.7 Å². The molecule has 2 heterocycles. The number of likely N-dealkylation sites (tertiary alicyclic amines) is 1. The van der Waals surface area contributed by atoms with Crippen LogP contribution in [0.5, 0.6) is 0 Å². The number of carbonyl (C=O) groups excluding carboxylic acids is 1. The third-order valence-corrected chi connectivity index (χ3v) is 5.55. The van der Waals surface area contributed by atoms with E-state index >= 15 is 0 Å². The lowest BCUT2D eigenvalue weighted by molar-refractivity contribution is 0.102. The van der Waals surface area contributed by atoms with E-state index in [0.29, 0.717) is 28.2 Å². The van der Waals surface area contributed by atoms with Crippen LogP contribution in [0, 0.1) is 11.3 Å². The molecule has 1 fully saturated rings. The van der Waals surface area contributed by atoms with E-state index in [2.05, 4.69) is 21.3 Å². The summed E-state index contributed by atoms with van der Waals surface area (Å²) >= 11 is 0. The number of nitrogen functional groups attached to an aromatic ring is 1. The molecule has 1 aromatic heterocycles. The van der Waals surface area contributed by atoms with Crippen molar-refractivity contribution in [3.05, 3.63) is 77.5 Å². The summed E-state index contributed by atoms with van der Waals surface area (Å²) in [6.07, 6.45) is 5.61. The fraction of sp³-hybridized carbons (Fsp3) is 0.240. The van der Waals surface area contributed by atoms with Crippen molar-refractivity contribution < 1.29 is 4.79 Å². The van der Waals surface area contributed by atoms with Gasteiger partial charge in [0.25, 0.3) is 5.91 Å². The summed E-state index contributed by atoms with van der Waals surface area (Å²) in [4.78, 5) is 19.5. The zero-order valence-electron chi connectivity index (χ0n) is 17.3. The van der Waals surface area contributed by atoms with Gasteiger partial charge in [0, 0.05) is 23.9 Å². The van der Waals surface area contributed by atoms with Gasteiger partial charge in [-0.3, -0.25) is 14.7 Å². The molecular weight excluding hydrogens is 386 g/mol. The fourth-order valence-corrected chi connectivity index (χ4v) is 3.87. The fourth-order valence-electron chi connectivity index (χ4n) is 3.87. The van der Waals surface area contributed by atoms with Gasteiger partial charge in [0.2, 0.25) is 0 Å². The highest BCUT2D eigenvalue weighted by molar-refractivity contribution is 6.05. The minimum atomic E-state index is -0.241. The Labute approximate surface area is 182 Å². The predicted octanol–water partition coefficient (Wildman–Crippen LogP) is 4.44. The van der Waals surface area contributed by atoms with Gasteiger partial charge in [0.05, 0.1) is 22.6 Å². The standard InChI is InChI=1S/C25H25N5O/c26-15-21-14-18(17-30-12-4-1-5-13-30)16-28-24(21)19-8-10-20(11-9-19)25(31)29-23-7-3-2-6-22(23)27/h2-3,6-11,14,16H,1,4-5,12-13,17,27H2,(H,29,31). The van der Waals surface area contributed by atoms with Gasteiger partial charge >= 0.3 is 0 Å². The van der Waals surface area contributed by atoms with Gasteiger partial charge in [0.15, 0.2) is 0 Å². The number of nitrogens with one attached hydrogen (secondary N) is 1. The van der Waals surface area contributed by atoms with Crippen molar-refractivity contribution in [2.45, 2.75) is 25.8 Å². The van der Waals surface area contributed by atoms with E-state index in [1.165, 1.54) is 19.3 Å². The second kappa shape index (κ2) is 9.41. The third kappa shape index (κ3) is 4.90. The highest BCUT2D eigenvalue weighted by Gasteiger charge is 2.14. The Morgan fingerprint density at radius 3 is 2.55 bits per heavy atom. The van der Waals surface area contributed by atoms with Gasteiger partial charge < -0.3 is 11.1 Å². The Hall–Kier alpha value is -3.69. The zero-order chi connectivity index (χ0) is 21.6. The van der Waals surface area contributed by atoms with E-state index in [4.69, 9.17) is 5.73 Å². The van der Waals surface area contributed by atoms with Crippen molar-refractivity contribution in [1.29, 1.82) is 5.26 Å². The molecule has 0 saturated carbocycles. The van der Waals surface area contributed by atoms with E-state index in [9.17, 15) is 10.1 Å². The Balaban J connectivity index is 1.49. The molecule has 2 aromatic carbocycles. The quantitative estimate of drug-likeness (QED) is 0.605. The van der Waals surface area contributed by atoms with E-state index in [-0.39, 0.29) is 5.91 Å². The van der Waals surface area contributed by atoms with Crippen LogP contribution in [0.2, 0.25) is 0 Å². The summed E-state index contributed by atoms with van der Waals surface area (Å²) < 4.78 is 0. The van der Waals surface area contributed by atoms with Crippen LogP contribution in [0.1, 0.15) is 40.7 Å². The molecule has 0 spiro atoms. The monoisotopic (exact) mass is 411 g/mol. The summed E-state index contributed by atoms with van der Waals surface area (Å²) in [5.41, 5.74) is 10.5. The van der Waals surface area contributed by atoms with Gasteiger partial charge in [-0.05, 0) is 61.8 Å². The highest BCUT2D eigenvalue weighted by atomic mass is 16.1. The van der Waals surface area contributed by atoms with Crippen LogP contribution in [0.4, 0.5) is 11.4 Å². The van der Waals surface area contributed by atoms with E-state index in [1.54, 1.807) is 24.3 Å². The molecular formula is C25H25N5O. The summed E-state index contributed by atoms with van der Waals surface area (Å²) in [5, 5.41) is 12.5. The van der Waals surface area contributed by atoms with Crippen molar-refractivity contribution in [2.24, 2.45) is 0 Å². The average molecular weight is 412 g/mol. The molecule has 1 aliphatic rings. The third-order valence-electron chi connectivity index (χ3n) is 5.55. The minimum Gasteiger partial charge on any atom is -0.397 e. The first-order valence-electron chi connectivity index (χ1n) is 10.5. The van der Waals surface area contributed by atoms with Crippen molar-refractivity contribution in [3.63, 3.8) is 0 Å². The number of nitriles is 1. The maximum Gasteiger partial charge on any atom is 0.255 e. The largest absolute Gasteiger partial charge is 0.397 e. The van der Waals surface area contributed by atoms with Crippen LogP contribution in [0.25, 0.3) is 11.3 Å². The van der Waals surface area contributed by atoms with Gasteiger partial charge in [-0.15, -0.1) is 0 Å². The molecule has 6 heteroatoms. The number of pyridine rings is 1. The van der Waals surface area contributed by atoms with Gasteiger partial charge in [-0.25, -0.2) is 0 Å². The summed E-state index contributed by atoms with van der Waals surface area (Å²) in [6.45, 7) is 3.02. The van der Waals surface area contributed by atoms with Crippen molar-refractivity contribution in [1.82, 2.24) is 9.88 Å². The van der Waals surface area contributed by atoms with E-state index in [1.807, 2.05) is 36.5 Å². The second-order valence-electron chi connectivity index (χ2n) is 7.81. The second-order valence-corrected chi connectivity index (χ2v) is 7.81. The molecule has 0 unspecified atom stereocenters. The number of rotatable bonds is 5. The van der Waals surface area contributed by atoms with Crippen molar-refractivity contribution in [3.8, 4) is 17.3 Å². The highest BCUT2D eigenvalue weighted by Crippen LogP contribution is 2.24. The number of para-hydroxylation sites is 2. The molecule has 6 nitrogen and oxygen atoms in total. The smallest absolute Gasteiger partial charge is 0.255 e. The van der Waals surface area contributed by atoms with Crippen molar-refractivity contribution in [2.75, 3.05) is 24.1 Å². The molecule has 0 aliphatic carbocycles. The summed E-state index contributed by atoms with van der Waals surface area (Å²) in [6, 6.07) is 18.4. The molecule has 156 valence electrons. The lowest BCUT2D eigenvalue weighted by Crippen LogP contribution is -2.29. The van der Waals surface area contributed by atoms with Crippen LogP contribution in [-0.2, 0) is 6.54 Å². The molecule has 3 N–H and O–H groups in total. The lowest BCUT2D eigenvalue weighted by Gasteiger charge is -2.26. The summed E-state index contributed by atoms with van der Waals surface area (Å²) in [7, 11) is 0. The van der Waals surface area contributed by atoms with Crippen LogP contribution in [0.3, 0.4) is 0 Å². The molecule has 4 rings (SSSR count). The van der Waals surface area contributed by atoms with Gasteiger partial charge in [0.1, 0.15) is 6.07 Å². The summed E-state index contributed by atoms with van der Waals surface area (Å²) in [5.74, 6) is -0.241. The van der Waals surface area contributed by atoms with Crippen LogP contribution < -0.4 is 11.1 Å². The molecule has 1 saturated heterocycles. The average Bonchev–Trinajstić information content (AvgIpc) is 2.81. The molecule has 0 bridgehead atoms. The molecule has 0 atom stereocenters. The van der Waals surface area contributed by atoms with E-state index in [0.717, 1.165) is 30.8 Å². The number of amides is 1. The van der Waals surface area contributed by atoms with E-state index < -0.39 is 0 Å². The zero-order valence-corrected chi connectivity index (χ0v) is 17.3. The number of carbonyl (C=O) groups is 1. The first-order valence-corrected chi connectivity index (χ1v) is 10.5. The van der Waals surface area contributed by atoms with Crippen LogP contribution in [-0.4, -0.2) is 28.9 Å². The van der Waals surface area contributed by atoms with Gasteiger partial charge in [-0.2, -0.15) is 5.26 Å². The first-order chi connectivity index (χ1) is 15.1. The minimum absolute atomic E-state index is 0.241. The molecule has 31 heavy (non-hydrogen) atoms. The predicted molar refractivity (Wildman–Crippen MR) is 122 cm³/mol. The number of piperidine rings is 1. The van der Waals surface area contributed by atoms with Crippen LogP contribution >= 0.6 is 0 Å². The number of hydrogen-bond acceptors (Lipinski definition) is 5.